The molecule has 1 aliphatic rings. The van der Waals surface area contributed by atoms with Gasteiger partial charge in [-0.05, 0) is 51.3 Å². The van der Waals surface area contributed by atoms with Crippen molar-refractivity contribution < 1.29 is 23.5 Å². The largest absolute Gasteiger partial charge is 0.461 e. The fourth-order valence-corrected chi connectivity index (χ4v) is 3.35. The third-order valence-electron chi connectivity index (χ3n) is 4.86. The molecular weight excluding hydrogens is 363 g/mol. The molecule has 28 heavy (non-hydrogen) atoms. The van der Waals surface area contributed by atoms with Crippen molar-refractivity contribution in [1.29, 1.82) is 0 Å². The number of amides is 1. The fourth-order valence-electron chi connectivity index (χ4n) is 3.35. The van der Waals surface area contributed by atoms with E-state index in [9.17, 15) is 18.8 Å². The van der Waals surface area contributed by atoms with Crippen LogP contribution in [0.1, 0.15) is 62.2 Å². The SMILES string of the molecule is CCOC(=O)c1[nH]c(C)c(C(=O)CN(C(=O)c2ccccc2F)C2CC2)c1C. The molecule has 0 aliphatic heterocycles. The molecule has 0 radical (unpaired) electrons. The second kappa shape index (κ2) is 7.96. The van der Waals surface area contributed by atoms with Crippen LogP contribution in [0.25, 0.3) is 0 Å². The summed E-state index contributed by atoms with van der Waals surface area (Å²) in [5, 5.41) is 0. The number of carbonyl (C=O) groups is 3. The molecule has 7 heteroatoms. The first-order valence-electron chi connectivity index (χ1n) is 9.30. The summed E-state index contributed by atoms with van der Waals surface area (Å²) in [6.45, 7) is 5.13. The minimum Gasteiger partial charge on any atom is -0.461 e. The number of Topliss-reactive ketones (excluding diaryl/α,β-unsaturated/α-hetero) is 1. The number of ether oxygens (including phenoxy) is 1. The number of nitrogens with zero attached hydrogens (tertiary/aromatic N) is 1. The normalized spacial score (nSPS) is 13.3. The second-order valence-electron chi connectivity index (χ2n) is 6.91. The van der Waals surface area contributed by atoms with Crippen LogP contribution in [0.4, 0.5) is 4.39 Å². The molecule has 1 aromatic carbocycles. The smallest absolute Gasteiger partial charge is 0.355 e. The zero-order valence-corrected chi connectivity index (χ0v) is 16.2. The Hall–Kier alpha value is -2.96. The minimum absolute atomic E-state index is 0.0445. The molecule has 0 atom stereocenters. The molecule has 0 bridgehead atoms. The van der Waals surface area contributed by atoms with Crippen molar-refractivity contribution in [1.82, 2.24) is 9.88 Å². The number of H-pyrrole nitrogens is 1. The van der Waals surface area contributed by atoms with Gasteiger partial charge in [-0.2, -0.15) is 0 Å². The average molecular weight is 386 g/mol. The molecule has 1 heterocycles. The number of aromatic nitrogens is 1. The zero-order valence-electron chi connectivity index (χ0n) is 16.2. The Morgan fingerprint density at radius 3 is 2.50 bits per heavy atom. The van der Waals surface area contributed by atoms with Crippen molar-refractivity contribution in [2.24, 2.45) is 0 Å². The molecule has 1 fully saturated rings. The summed E-state index contributed by atoms with van der Waals surface area (Å²) >= 11 is 0. The number of aromatic amines is 1. The lowest BCUT2D eigenvalue weighted by atomic mass is 10.0. The molecule has 0 saturated heterocycles. The number of benzene rings is 1. The van der Waals surface area contributed by atoms with E-state index in [1.165, 1.54) is 23.1 Å². The van der Waals surface area contributed by atoms with E-state index in [4.69, 9.17) is 4.74 Å². The monoisotopic (exact) mass is 386 g/mol. The molecule has 1 N–H and O–H groups in total. The quantitative estimate of drug-likeness (QED) is 0.584. The van der Waals surface area contributed by atoms with E-state index in [-0.39, 0.29) is 36.2 Å². The van der Waals surface area contributed by atoms with E-state index in [0.29, 0.717) is 16.8 Å². The standard InChI is InChI=1S/C21H23FN2O4/c1-4-28-21(27)19-12(2)18(13(3)23-19)17(25)11-24(14-9-10-14)20(26)15-7-5-6-8-16(15)22/h5-8,14,23H,4,9-11H2,1-3H3. The number of hydrogen-bond donors (Lipinski definition) is 1. The lowest BCUT2D eigenvalue weighted by molar-refractivity contribution is 0.0519. The summed E-state index contributed by atoms with van der Waals surface area (Å²) < 4.78 is 19.1. The summed E-state index contributed by atoms with van der Waals surface area (Å²) in [7, 11) is 0. The maximum atomic E-state index is 14.0. The number of rotatable bonds is 7. The first-order valence-corrected chi connectivity index (χ1v) is 9.30. The van der Waals surface area contributed by atoms with Crippen LogP contribution in [0.3, 0.4) is 0 Å². The Kier molecular flexibility index (Phi) is 5.63. The fraction of sp³-hybridized carbons (Fsp3) is 0.381. The highest BCUT2D eigenvalue weighted by atomic mass is 19.1. The van der Waals surface area contributed by atoms with Gasteiger partial charge in [0.1, 0.15) is 11.5 Å². The molecule has 2 aromatic rings. The van der Waals surface area contributed by atoms with Crippen LogP contribution in [0.15, 0.2) is 24.3 Å². The molecule has 1 aromatic heterocycles. The minimum atomic E-state index is -0.607. The average Bonchev–Trinajstić information content (AvgIpc) is 3.44. The van der Waals surface area contributed by atoms with Gasteiger partial charge in [0.05, 0.1) is 18.7 Å². The van der Waals surface area contributed by atoms with E-state index in [2.05, 4.69) is 4.98 Å². The van der Waals surface area contributed by atoms with Crippen molar-refractivity contribution in [3.8, 4) is 0 Å². The summed E-state index contributed by atoms with van der Waals surface area (Å²) in [5.74, 6) is -1.92. The number of carbonyl (C=O) groups excluding carboxylic acids is 3. The summed E-state index contributed by atoms with van der Waals surface area (Å²) in [4.78, 5) is 42.2. The lowest BCUT2D eigenvalue weighted by Crippen LogP contribution is -2.38. The van der Waals surface area contributed by atoms with Gasteiger partial charge >= 0.3 is 5.97 Å². The summed E-state index contributed by atoms with van der Waals surface area (Å²) in [5.41, 5.74) is 1.60. The van der Waals surface area contributed by atoms with Gasteiger partial charge in [0.2, 0.25) is 0 Å². The van der Waals surface area contributed by atoms with Crippen LogP contribution in [-0.4, -0.2) is 46.7 Å². The Bertz CT molecular complexity index is 930. The van der Waals surface area contributed by atoms with E-state index < -0.39 is 17.7 Å². The summed E-state index contributed by atoms with van der Waals surface area (Å²) in [6, 6.07) is 5.69. The van der Waals surface area contributed by atoms with Crippen LogP contribution in [-0.2, 0) is 4.74 Å². The maximum absolute atomic E-state index is 14.0. The molecule has 1 aliphatic carbocycles. The van der Waals surface area contributed by atoms with E-state index in [0.717, 1.165) is 12.8 Å². The molecule has 1 saturated carbocycles. The second-order valence-corrected chi connectivity index (χ2v) is 6.91. The number of halogens is 1. The molecule has 0 spiro atoms. The highest BCUT2D eigenvalue weighted by Crippen LogP contribution is 2.30. The van der Waals surface area contributed by atoms with Crippen molar-refractivity contribution in [3.05, 3.63) is 58.2 Å². The first-order chi connectivity index (χ1) is 13.3. The number of ketones is 1. The topological polar surface area (TPSA) is 79.5 Å². The van der Waals surface area contributed by atoms with E-state index in [1.54, 1.807) is 26.8 Å². The summed E-state index contributed by atoms with van der Waals surface area (Å²) in [6.07, 6.45) is 1.57. The van der Waals surface area contributed by atoms with Crippen molar-refractivity contribution in [3.63, 3.8) is 0 Å². The van der Waals surface area contributed by atoms with Crippen LogP contribution in [0, 0.1) is 19.7 Å². The third-order valence-corrected chi connectivity index (χ3v) is 4.86. The molecule has 3 rings (SSSR count). The Morgan fingerprint density at radius 1 is 1.21 bits per heavy atom. The van der Waals surface area contributed by atoms with Crippen LogP contribution in [0.5, 0.6) is 0 Å². The maximum Gasteiger partial charge on any atom is 0.355 e. The van der Waals surface area contributed by atoms with Gasteiger partial charge in [-0.1, -0.05) is 12.1 Å². The molecule has 1 amide bonds. The lowest BCUT2D eigenvalue weighted by Gasteiger charge is -2.22. The number of aryl methyl sites for hydroxylation is 1. The van der Waals surface area contributed by atoms with Crippen LogP contribution >= 0.6 is 0 Å². The zero-order chi connectivity index (χ0) is 20.4. The van der Waals surface area contributed by atoms with E-state index in [1.807, 2.05) is 0 Å². The van der Waals surface area contributed by atoms with Gasteiger partial charge < -0.3 is 14.6 Å². The van der Waals surface area contributed by atoms with Crippen molar-refractivity contribution >= 4 is 17.7 Å². The first kappa shape index (κ1) is 19.8. The van der Waals surface area contributed by atoms with E-state index >= 15 is 0 Å². The highest BCUT2D eigenvalue weighted by molar-refractivity contribution is 6.06. The van der Waals surface area contributed by atoms with Gasteiger partial charge in [0.15, 0.2) is 5.78 Å². The molecule has 6 nitrogen and oxygen atoms in total. The van der Waals surface area contributed by atoms with Crippen molar-refractivity contribution in [2.45, 2.75) is 39.7 Å². The van der Waals surface area contributed by atoms with Gasteiger partial charge in [0, 0.05) is 17.3 Å². The Balaban J connectivity index is 1.85. The number of esters is 1. The van der Waals surface area contributed by atoms with Gasteiger partial charge in [-0.15, -0.1) is 0 Å². The highest BCUT2D eigenvalue weighted by Gasteiger charge is 2.36. The molecule has 0 unspecified atom stereocenters. The van der Waals surface area contributed by atoms with Crippen LogP contribution < -0.4 is 0 Å². The van der Waals surface area contributed by atoms with Gasteiger partial charge in [-0.3, -0.25) is 9.59 Å². The Morgan fingerprint density at radius 2 is 1.89 bits per heavy atom. The van der Waals surface area contributed by atoms with Gasteiger partial charge in [-0.25, -0.2) is 9.18 Å². The predicted molar refractivity (Wildman–Crippen MR) is 101 cm³/mol. The van der Waals surface area contributed by atoms with Crippen molar-refractivity contribution in [2.75, 3.05) is 13.2 Å². The third kappa shape index (κ3) is 3.83. The number of hydrogen-bond acceptors (Lipinski definition) is 4. The predicted octanol–water partition coefficient (Wildman–Crippen LogP) is 3.43. The molecular formula is C21H23FN2O4. The van der Waals surface area contributed by atoms with Crippen LogP contribution in [0.2, 0.25) is 0 Å². The van der Waals surface area contributed by atoms with Gasteiger partial charge in [0.25, 0.3) is 5.91 Å². The number of nitrogens with one attached hydrogen (secondary N) is 1. The molecule has 148 valence electrons. The Labute approximate surface area is 162 Å².